The quantitative estimate of drug-likeness (QED) is 0.680. The minimum Gasteiger partial charge on any atom is -0.398 e. The summed E-state index contributed by atoms with van der Waals surface area (Å²) in [6, 6.07) is 13.5. The number of benzene rings is 2. The summed E-state index contributed by atoms with van der Waals surface area (Å²) in [5.74, 6) is 0. The minimum absolute atomic E-state index is 0.697. The first-order valence-corrected chi connectivity index (χ1v) is 6.70. The number of rotatable bonds is 2. The van der Waals surface area contributed by atoms with Crippen LogP contribution in [-0.4, -0.2) is 4.98 Å². The zero-order chi connectivity index (χ0) is 14.1. The van der Waals surface area contributed by atoms with Crippen LogP contribution >= 0.6 is 11.6 Å². The Kier molecular flexibility index (Phi) is 3.20. The Morgan fingerprint density at radius 3 is 2.75 bits per heavy atom. The number of pyridine rings is 1. The number of hydrogen-bond acceptors (Lipinski definition) is 3. The van der Waals surface area contributed by atoms with Gasteiger partial charge in [-0.15, -0.1) is 0 Å². The fourth-order valence-electron chi connectivity index (χ4n) is 2.17. The van der Waals surface area contributed by atoms with E-state index in [0.717, 1.165) is 33.5 Å². The smallest absolute Gasteiger partial charge is 0.0951 e. The van der Waals surface area contributed by atoms with Gasteiger partial charge in [-0.25, -0.2) is 0 Å². The lowest BCUT2D eigenvalue weighted by atomic mass is 10.1. The van der Waals surface area contributed by atoms with Gasteiger partial charge in [0.05, 0.1) is 16.2 Å². The highest BCUT2D eigenvalue weighted by Gasteiger charge is 2.07. The molecule has 0 radical (unpaired) electrons. The molecule has 0 atom stereocenters. The third-order valence-electron chi connectivity index (χ3n) is 3.36. The zero-order valence-electron chi connectivity index (χ0n) is 11.0. The van der Waals surface area contributed by atoms with Crippen LogP contribution < -0.4 is 11.1 Å². The molecule has 2 aromatic carbocycles. The number of halogens is 1. The first kappa shape index (κ1) is 12.8. The lowest BCUT2D eigenvalue weighted by Gasteiger charge is -2.13. The van der Waals surface area contributed by atoms with Crippen LogP contribution in [-0.2, 0) is 0 Å². The molecule has 0 aliphatic rings. The molecule has 100 valence electrons. The largest absolute Gasteiger partial charge is 0.398 e. The number of hydrogen-bond donors (Lipinski definition) is 2. The fourth-order valence-corrected chi connectivity index (χ4v) is 2.39. The van der Waals surface area contributed by atoms with Crippen LogP contribution in [0.5, 0.6) is 0 Å². The maximum atomic E-state index is 6.20. The second-order valence-corrected chi connectivity index (χ2v) is 5.05. The predicted octanol–water partition coefficient (Wildman–Crippen LogP) is 4.52. The molecule has 0 saturated carbocycles. The van der Waals surface area contributed by atoms with Crippen LogP contribution in [0.1, 0.15) is 5.56 Å². The van der Waals surface area contributed by atoms with Gasteiger partial charge in [0, 0.05) is 23.0 Å². The van der Waals surface area contributed by atoms with Crippen LogP contribution in [0.3, 0.4) is 0 Å². The summed E-state index contributed by atoms with van der Waals surface area (Å²) in [5.41, 5.74) is 10.5. The monoisotopic (exact) mass is 283 g/mol. The summed E-state index contributed by atoms with van der Waals surface area (Å²) >= 11 is 6.20. The lowest BCUT2D eigenvalue weighted by molar-refractivity contribution is 1.39. The molecule has 0 fully saturated rings. The normalized spacial score (nSPS) is 10.7. The van der Waals surface area contributed by atoms with Crippen LogP contribution in [0.15, 0.2) is 48.7 Å². The molecule has 0 unspecified atom stereocenters. The molecule has 3 aromatic rings. The van der Waals surface area contributed by atoms with Crippen LogP contribution in [0.2, 0.25) is 5.02 Å². The van der Waals surface area contributed by atoms with E-state index < -0.39 is 0 Å². The van der Waals surface area contributed by atoms with Gasteiger partial charge in [0.1, 0.15) is 0 Å². The highest BCUT2D eigenvalue weighted by atomic mass is 35.5. The maximum Gasteiger partial charge on any atom is 0.0951 e. The summed E-state index contributed by atoms with van der Waals surface area (Å²) in [4.78, 5) is 4.41. The van der Waals surface area contributed by atoms with Gasteiger partial charge < -0.3 is 11.1 Å². The summed E-state index contributed by atoms with van der Waals surface area (Å²) in [6.45, 7) is 1.99. The van der Waals surface area contributed by atoms with E-state index in [1.807, 2.05) is 49.4 Å². The Bertz CT molecular complexity index is 784. The van der Waals surface area contributed by atoms with Gasteiger partial charge in [0.2, 0.25) is 0 Å². The summed E-state index contributed by atoms with van der Waals surface area (Å²) in [6.07, 6.45) is 1.76. The van der Waals surface area contributed by atoms with Crippen molar-refractivity contribution in [1.82, 2.24) is 4.98 Å². The fraction of sp³-hybridized carbons (Fsp3) is 0.0625. The van der Waals surface area contributed by atoms with E-state index in [1.165, 1.54) is 0 Å². The van der Waals surface area contributed by atoms with Crippen molar-refractivity contribution >= 4 is 39.6 Å². The van der Waals surface area contributed by atoms with E-state index in [1.54, 1.807) is 6.20 Å². The molecule has 0 spiro atoms. The van der Waals surface area contributed by atoms with E-state index in [-0.39, 0.29) is 0 Å². The SMILES string of the molecule is Cc1c(N)cccc1Nc1ccc(Cl)c2cccnc12. The van der Waals surface area contributed by atoms with E-state index in [0.29, 0.717) is 5.02 Å². The third kappa shape index (κ3) is 2.17. The summed E-state index contributed by atoms with van der Waals surface area (Å²) in [5, 5.41) is 5.01. The van der Waals surface area contributed by atoms with Gasteiger partial charge >= 0.3 is 0 Å². The average molecular weight is 284 g/mol. The predicted molar refractivity (Wildman–Crippen MR) is 85.6 cm³/mol. The Morgan fingerprint density at radius 1 is 1.05 bits per heavy atom. The molecule has 3 nitrogen and oxygen atoms in total. The number of aromatic nitrogens is 1. The molecule has 1 heterocycles. The maximum absolute atomic E-state index is 6.20. The van der Waals surface area contributed by atoms with Gasteiger partial charge in [-0.2, -0.15) is 0 Å². The zero-order valence-corrected chi connectivity index (χ0v) is 11.8. The Hall–Kier alpha value is -2.26. The molecule has 4 heteroatoms. The van der Waals surface area contributed by atoms with E-state index >= 15 is 0 Å². The second kappa shape index (κ2) is 5.02. The number of nitrogen functional groups attached to an aromatic ring is 1. The number of fused-ring (bicyclic) bond motifs is 1. The summed E-state index contributed by atoms with van der Waals surface area (Å²) < 4.78 is 0. The second-order valence-electron chi connectivity index (χ2n) is 4.64. The number of nitrogens with two attached hydrogens (primary N) is 1. The molecule has 1 aromatic heterocycles. The van der Waals surface area contributed by atoms with Crippen molar-refractivity contribution in [2.75, 3.05) is 11.1 Å². The van der Waals surface area contributed by atoms with Crippen molar-refractivity contribution < 1.29 is 0 Å². The van der Waals surface area contributed by atoms with Gasteiger partial charge in [-0.1, -0.05) is 17.7 Å². The molecule has 3 rings (SSSR count). The van der Waals surface area contributed by atoms with Gasteiger partial charge in [0.15, 0.2) is 0 Å². The first-order chi connectivity index (χ1) is 9.66. The van der Waals surface area contributed by atoms with Crippen molar-refractivity contribution in [3.63, 3.8) is 0 Å². The standard InChI is InChI=1S/C16H14ClN3/c1-10-13(18)5-2-6-14(10)20-15-8-7-12(17)11-4-3-9-19-16(11)15/h2-9,20H,18H2,1H3. The first-order valence-electron chi connectivity index (χ1n) is 6.32. The summed E-state index contributed by atoms with van der Waals surface area (Å²) in [7, 11) is 0. The van der Waals surface area contributed by atoms with Gasteiger partial charge in [-0.3, -0.25) is 4.98 Å². The van der Waals surface area contributed by atoms with Crippen molar-refractivity contribution in [2.45, 2.75) is 6.92 Å². The van der Waals surface area contributed by atoms with E-state index in [9.17, 15) is 0 Å². The van der Waals surface area contributed by atoms with Gasteiger partial charge in [-0.05, 0) is 48.9 Å². The van der Waals surface area contributed by atoms with Crippen molar-refractivity contribution in [2.24, 2.45) is 0 Å². The van der Waals surface area contributed by atoms with E-state index in [4.69, 9.17) is 17.3 Å². The van der Waals surface area contributed by atoms with Crippen molar-refractivity contribution in [1.29, 1.82) is 0 Å². The van der Waals surface area contributed by atoms with Crippen molar-refractivity contribution in [3.05, 3.63) is 59.2 Å². The minimum atomic E-state index is 0.697. The molecular formula is C16H14ClN3. The molecule has 0 aliphatic carbocycles. The number of nitrogens with one attached hydrogen (secondary N) is 1. The van der Waals surface area contributed by atoms with Gasteiger partial charge in [0.25, 0.3) is 0 Å². The van der Waals surface area contributed by atoms with Crippen LogP contribution in [0, 0.1) is 6.92 Å². The molecule has 0 aliphatic heterocycles. The van der Waals surface area contributed by atoms with Crippen molar-refractivity contribution in [3.8, 4) is 0 Å². The number of nitrogens with zero attached hydrogens (tertiary/aromatic N) is 1. The Morgan fingerprint density at radius 2 is 1.90 bits per heavy atom. The molecular weight excluding hydrogens is 270 g/mol. The molecule has 0 bridgehead atoms. The molecule has 3 N–H and O–H groups in total. The Labute approximate surface area is 122 Å². The highest BCUT2D eigenvalue weighted by Crippen LogP contribution is 2.31. The topological polar surface area (TPSA) is 50.9 Å². The average Bonchev–Trinajstić information content (AvgIpc) is 2.47. The Balaban J connectivity index is 2.12. The molecule has 20 heavy (non-hydrogen) atoms. The molecule has 0 saturated heterocycles. The molecule has 0 amide bonds. The van der Waals surface area contributed by atoms with E-state index in [2.05, 4.69) is 10.3 Å². The lowest BCUT2D eigenvalue weighted by Crippen LogP contribution is -1.98. The van der Waals surface area contributed by atoms with Crippen LogP contribution in [0.25, 0.3) is 10.9 Å². The third-order valence-corrected chi connectivity index (χ3v) is 3.69. The highest BCUT2D eigenvalue weighted by molar-refractivity contribution is 6.35. The van der Waals surface area contributed by atoms with Crippen LogP contribution in [0.4, 0.5) is 17.1 Å². The number of anilines is 3.